The van der Waals surface area contributed by atoms with Crippen LogP contribution in [-0.4, -0.2) is 28.9 Å². The SMILES string of the molecule is CC(=O)NCc1ccc(C(=O)NC(C(=O)O)C(C)C)cc1. The molecule has 1 rings (SSSR count). The lowest BCUT2D eigenvalue weighted by atomic mass is 10.0. The van der Waals surface area contributed by atoms with Crippen LogP contribution in [0.2, 0.25) is 0 Å². The van der Waals surface area contributed by atoms with Crippen LogP contribution < -0.4 is 10.6 Å². The van der Waals surface area contributed by atoms with E-state index < -0.39 is 17.9 Å². The number of benzene rings is 1. The zero-order valence-electron chi connectivity index (χ0n) is 12.3. The maximum absolute atomic E-state index is 12.0. The van der Waals surface area contributed by atoms with E-state index in [1.54, 1.807) is 38.1 Å². The Morgan fingerprint density at radius 1 is 1.14 bits per heavy atom. The fourth-order valence-electron chi connectivity index (χ4n) is 1.74. The number of hydrogen-bond donors (Lipinski definition) is 3. The molecule has 0 fully saturated rings. The molecular weight excluding hydrogens is 272 g/mol. The molecule has 0 saturated heterocycles. The first-order valence-electron chi connectivity index (χ1n) is 6.68. The first kappa shape index (κ1) is 16.7. The van der Waals surface area contributed by atoms with Gasteiger partial charge in [0.25, 0.3) is 5.91 Å². The van der Waals surface area contributed by atoms with Crippen LogP contribution in [0.5, 0.6) is 0 Å². The smallest absolute Gasteiger partial charge is 0.326 e. The summed E-state index contributed by atoms with van der Waals surface area (Å²) in [4.78, 5) is 33.9. The Balaban J connectivity index is 2.70. The lowest BCUT2D eigenvalue weighted by Crippen LogP contribution is -2.44. The summed E-state index contributed by atoms with van der Waals surface area (Å²) >= 11 is 0. The molecule has 1 aromatic carbocycles. The van der Waals surface area contributed by atoms with E-state index >= 15 is 0 Å². The Morgan fingerprint density at radius 2 is 1.71 bits per heavy atom. The van der Waals surface area contributed by atoms with Gasteiger partial charge in [-0.15, -0.1) is 0 Å². The van der Waals surface area contributed by atoms with Gasteiger partial charge in [0, 0.05) is 19.0 Å². The van der Waals surface area contributed by atoms with Crippen molar-refractivity contribution in [2.75, 3.05) is 0 Å². The minimum Gasteiger partial charge on any atom is -0.480 e. The first-order valence-corrected chi connectivity index (χ1v) is 6.68. The van der Waals surface area contributed by atoms with Gasteiger partial charge in [-0.3, -0.25) is 9.59 Å². The number of nitrogens with one attached hydrogen (secondary N) is 2. The van der Waals surface area contributed by atoms with Crippen molar-refractivity contribution in [2.45, 2.75) is 33.4 Å². The number of carboxylic acid groups (broad SMARTS) is 1. The average Bonchev–Trinajstić information content (AvgIpc) is 2.42. The maximum atomic E-state index is 12.0. The van der Waals surface area contributed by atoms with Gasteiger partial charge in [-0.25, -0.2) is 4.79 Å². The molecule has 6 heteroatoms. The topological polar surface area (TPSA) is 95.5 Å². The van der Waals surface area contributed by atoms with Crippen molar-refractivity contribution in [3.63, 3.8) is 0 Å². The molecule has 0 bridgehead atoms. The summed E-state index contributed by atoms with van der Waals surface area (Å²) in [6.07, 6.45) is 0. The van der Waals surface area contributed by atoms with Crippen molar-refractivity contribution in [3.8, 4) is 0 Å². The van der Waals surface area contributed by atoms with Gasteiger partial charge in [-0.1, -0.05) is 26.0 Å². The van der Waals surface area contributed by atoms with E-state index in [9.17, 15) is 14.4 Å². The Labute approximate surface area is 123 Å². The van der Waals surface area contributed by atoms with Crippen LogP contribution in [0.4, 0.5) is 0 Å². The Kier molecular flexibility index (Phi) is 5.90. The normalized spacial score (nSPS) is 11.8. The van der Waals surface area contributed by atoms with Gasteiger partial charge in [0.05, 0.1) is 0 Å². The third-order valence-corrected chi connectivity index (χ3v) is 2.98. The minimum absolute atomic E-state index is 0.127. The van der Waals surface area contributed by atoms with Gasteiger partial charge >= 0.3 is 5.97 Å². The highest BCUT2D eigenvalue weighted by Gasteiger charge is 2.23. The van der Waals surface area contributed by atoms with Crippen molar-refractivity contribution < 1.29 is 19.5 Å². The summed E-state index contributed by atoms with van der Waals surface area (Å²) < 4.78 is 0. The number of carbonyl (C=O) groups is 3. The molecule has 0 heterocycles. The van der Waals surface area contributed by atoms with Gasteiger partial charge in [-0.05, 0) is 23.6 Å². The molecule has 1 unspecified atom stereocenters. The predicted molar refractivity (Wildman–Crippen MR) is 77.7 cm³/mol. The highest BCUT2D eigenvalue weighted by molar-refractivity contribution is 5.96. The van der Waals surface area contributed by atoms with Gasteiger partial charge in [0.1, 0.15) is 6.04 Å². The molecule has 2 amide bonds. The third kappa shape index (κ3) is 5.25. The monoisotopic (exact) mass is 292 g/mol. The van der Waals surface area contributed by atoms with Crippen molar-refractivity contribution in [1.29, 1.82) is 0 Å². The van der Waals surface area contributed by atoms with Crippen LogP contribution in [0, 0.1) is 5.92 Å². The highest BCUT2D eigenvalue weighted by atomic mass is 16.4. The first-order chi connectivity index (χ1) is 9.81. The number of carbonyl (C=O) groups excluding carboxylic acids is 2. The highest BCUT2D eigenvalue weighted by Crippen LogP contribution is 2.07. The van der Waals surface area contributed by atoms with Gasteiger partial charge < -0.3 is 15.7 Å². The van der Waals surface area contributed by atoms with Gasteiger partial charge in [0.15, 0.2) is 0 Å². The predicted octanol–water partition coefficient (Wildman–Crippen LogP) is 1.16. The van der Waals surface area contributed by atoms with Crippen LogP contribution in [-0.2, 0) is 16.1 Å². The summed E-state index contributed by atoms with van der Waals surface area (Å²) in [5.74, 6) is -1.81. The lowest BCUT2D eigenvalue weighted by Gasteiger charge is -2.17. The second-order valence-electron chi connectivity index (χ2n) is 5.14. The molecule has 0 aliphatic carbocycles. The lowest BCUT2D eigenvalue weighted by molar-refractivity contribution is -0.140. The van der Waals surface area contributed by atoms with Crippen molar-refractivity contribution >= 4 is 17.8 Å². The van der Waals surface area contributed by atoms with E-state index in [4.69, 9.17) is 5.11 Å². The molecule has 0 spiro atoms. The summed E-state index contributed by atoms with van der Waals surface area (Å²) in [5.41, 5.74) is 1.24. The molecule has 0 radical (unpaired) electrons. The Hall–Kier alpha value is -2.37. The Morgan fingerprint density at radius 3 is 2.14 bits per heavy atom. The van der Waals surface area contributed by atoms with Gasteiger partial charge in [0.2, 0.25) is 5.91 Å². The molecule has 21 heavy (non-hydrogen) atoms. The maximum Gasteiger partial charge on any atom is 0.326 e. The van der Waals surface area contributed by atoms with Crippen molar-refractivity contribution in [3.05, 3.63) is 35.4 Å². The Bertz CT molecular complexity index is 523. The number of carboxylic acids is 1. The summed E-state index contributed by atoms with van der Waals surface area (Å²) in [5, 5.41) is 14.2. The van der Waals surface area contributed by atoms with E-state index in [1.165, 1.54) is 6.92 Å². The van der Waals surface area contributed by atoms with Crippen LogP contribution in [0.25, 0.3) is 0 Å². The molecule has 1 atom stereocenters. The third-order valence-electron chi connectivity index (χ3n) is 2.98. The number of hydrogen-bond acceptors (Lipinski definition) is 3. The van der Waals surface area contributed by atoms with Crippen LogP contribution in [0.3, 0.4) is 0 Å². The number of aliphatic carboxylic acids is 1. The number of amides is 2. The summed E-state index contributed by atoms with van der Waals surface area (Å²) in [6.45, 7) is 5.28. The van der Waals surface area contributed by atoms with Crippen LogP contribution in [0.1, 0.15) is 36.7 Å². The fourth-order valence-corrected chi connectivity index (χ4v) is 1.74. The second kappa shape index (κ2) is 7.42. The molecular formula is C15H20N2O4. The molecule has 1 aromatic rings. The number of rotatable bonds is 6. The van der Waals surface area contributed by atoms with E-state index in [1.807, 2.05) is 0 Å². The molecule has 0 aliphatic rings. The van der Waals surface area contributed by atoms with E-state index in [0.717, 1.165) is 5.56 Å². The second-order valence-corrected chi connectivity index (χ2v) is 5.14. The quantitative estimate of drug-likeness (QED) is 0.733. The largest absolute Gasteiger partial charge is 0.480 e. The van der Waals surface area contributed by atoms with Crippen molar-refractivity contribution in [2.24, 2.45) is 5.92 Å². The van der Waals surface area contributed by atoms with E-state index in [0.29, 0.717) is 12.1 Å². The standard InChI is InChI=1S/C15H20N2O4/c1-9(2)13(15(20)21)17-14(19)12-6-4-11(5-7-12)8-16-10(3)18/h4-7,9,13H,8H2,1-3H3,(H,16,18)(H,17,19)(H,20,21). The van der Waals surface area contributed by atoms with E-state index in [-0.39, 0.29) is 11.8 Å². The zero-order chi connectivity index (χ0) is 16.0. The average molecular weight is 292 g/mol. The molecule has 114 valence electrons. The van der Waals surface area contributed by atoms with Crippen molar-refractivity contribution in [1.82, 2.24) is 10.6 Å². The molecule has 0 aromatic heterocycles. The molecule has 3 N–H and O–H groups in total. The fraction of sp³-hybridized carbons (Fsp3) is 0.400. The van der Waals surface area contributed by atoms with Crippen LogP contribution >= 0.6 is 0 Å². The molecule has 0 aliphatic heterocycles. The minimum atomic E-state index is -1.05. The van der Waals surface area contributed by atoms with E-state index in [2.05, 4.69) is 10.6 Å². The zero-order valence-corrected chi connectivity index (χ0v) is 12.3. The molecule has 6 nitrogen and oxygen atoms in total. The summed E-state index contributed by atoms with van der Waals surface area (Å²) in [7, 11) is 0. The summed E-state index contributed by atoms with van der Waals surface area (Å²) in [6, 6.07) is 5.72. The van der Waals surface area contributed by atoms with Crippen LogP contribution in [0.15, 0.2) is 24.3 Å². The van der Waals surface area contributed by atoms with Gasteiger partial charge in [-0.2, -0.15) is 0 Å². The molecule has 0 saturated carbocycles.